The first-order valence-electron chi connectivity index (χ1n) is 7.53. The molecule has 0 saturated heterocycles. The third-order valence-electron chi connectivity index (χ3n) is 3.30. The predicted molar refractivity (Wildman–Crippen MR) is 80.9 cm³/mol. The van der Waals surface area contributed by atoms with Crippen molar-refractivity contribution in [3.05, 3.63) is 35.4 Å². The van der Waals surface area contributed by atoms with Gasteiger partial charge in [0.15, 0.2) is 5.92 Å². The van der Waals surface area contributed by atoms with Crippen molar-refractivity contribution in [2.24, 2.45) is 5.92 Å². The molecule has 0 spiro atoms. The van der Waals surface area contributed by atoms with Gasteiger partial charge in [0.1, 0.15) is 0 Å². The maximum absolute atomic E-state index is 11.9. The molecule has 1 aromatic carbocycles. The number of rotatable bonds is 8. The van der Waals surface area contributed by atoms with Crippen LogP contribution < -0.4 is 0 Å². The highest BCUT2D eigenvalue weighted by atomic mass is 16.6. The van der Waals surface area contributed by atoms with Crippen molar-refractivity contribution in [3.8, 4) is 0 Å². The van der Waals surface area contributed by atoms with E-state index in [2.05, 4.69) is 19.1 Å². The molecule has 4 nitrogen and oxygen atoms in total. The van der Waals surface area contributed by atoms with Crippen molar-refractivity contribution >= 4 is 11.9 Å². The van der Waals surface area contributed by atoms with Gasteiger partial charge in [-0.25, -0.2) is 0 Å². The molecule has 0 N–H and O–H groups in total. The van der Waals surface area contributed by atoms with Crippen molar-refractivity contribution in [1.82, 2.24) is 0 Å². The Balaban J connectivity index is 2.66. The fourth-order valence-electron chi connectivity index (χ4n) is 2.07. The zero-order valence-electron chi connectivity index (χ0n) is 13.1. The average Bonchev–Trinajstić information content (AvgIpc) is 2.48. The van der Waals surface area contributed by atoms with Crippen molar-refractivity contribution < 1.29 is 19.1 Å². The number of hydrogen-bond donors (Lipinski definition) is 0. The molecule has 0 aliphatic rings. The first-order valence-corrected chi connectivity index (χ1v) is 7.53. The molecule has 1 aromatic rings. The van der Waals surface area contributed by atoms with Gasteiger partial charge >= 0.3 is 11.9 Å². The zero-order valence-corrected chi connectivity index (χ0v) is 13.1. The van der Waals surface area contributed by atoms with Gasteiger partial charge in [-0.3, -0.25) is 9.59 Å². The summed E-state index contributed by atoms with van der Waals surface area (Å²) >= 11 is 0. The molecule has 0 saturated carbocycles. The molecule has 0 radical (unpaired) electrons. The Kier molecular flexibility index (Phi) is 7.51. The zero-order chi connectivity index (χ0) is 15.7. The van der Waals surface area contributed by atoms with Gasteiger partial charge < -0.3 is 9.47 Å². The van der Waals surface area contributed by atoms with Gasteiger partial charge in [0.05, 0.1) is 13.2 Å². The van der Waals surface area contributed by atoms with Crippen LogP contribution in [-0.2, 0) is 31.9 Å². The molecular weight excluding hydrogens is 268 g/mol. The Labute approximate surface area is 126 Å². The topological polar surface area (TPSA) is 52.6 Å². The van der Waals surface area contributed by atoms with Crippen LogP contribution >= 0.6 is 0 Å². The highest BCUT2D eigenvalue weighted by Crippen LogP contribution is 2.15. The van der Waals surface area contributed by atoms with Gasteiger partial charge in [-0.05, 0) is 44.2 Å². The van der Waals surface area contributed by atoms with E-state index in [1.54, 1.807) is 13.8 Å². The van der Waals surface area contributed by atoms with E-state index in [0.717, 1.165) is 12.0 Å². The van der Waals surface area contributed by atoms with E-state index < -0.39 is 17.9 Å². The molecule has 116 valence electrons. The maximum atomic E-state index is 11.9. The second-order valence-corrected chi connectivity index (χ2v) is 4.77. The predicted octanol–water partition coefficient (Wildman–Crippen LogP) is 2.92. The monoisotopic (exact) mass is 292 g/mol. The van der Waals surface area contributed by atoms with Gasteiger partial charge in [-0.15, -0.1) is 0 Å². The molecule has 0 heterocycles. The highest BCUT2D eigenvalue weighted by molar-refractivity contribution is 5.94. The van der Waals surface area contributed by atoms with Crippen molar-refractivity contribution in [2.75, 3.05) is 13.2 Å². The fraction of sp³-hybridized carbons (Fsp3) is 0.529. The molecule has 21 heavy (non-hydrogen) atoms. The minimum Gasteiger partial charge on any atom is -0.465 e. The SMILES string of the molecule is CCOC(=O)C(CCc1ccc(CC)cc1)C(=O)OCC. The van der Waals surface area contributed by atoms with E-state index in [1.165, 1.54) is 5.56 Å². The van der Waals surface area contributed by atoms with Crippen molar-refractivity contribution in [3.63, 3.8) is 0 Å². The molecule has 0 unspecified atom stereocenters. The number of benzene rings is 1. The molecule has 0 aliphatic carbocycles. The minimum atomic E-state index is -0.837. The summed E-state index contributed by atoms with van der Waals surface area (Å²) in [5.74, 6) is -1.84. The summed E-state index contributed by atoms with van der Waals surface area (Å²) in [5, 5.41) is 0. The Morgan fingerprint density at radius 3 is 1.81 bits per heavy atom. The maximum Gasteiger partial charge on any atom is 0.320 e. The lowest BCUT2D eigenvalue weighted by molar-refractivity contribution is -0.161. The first-order chi connectivity index (χ1) is 10.1. The van der Waals surface area contributed by atoms with Crippen LogP contribution in [0.2, 0.25) is 0 Å². The van der Waals surface area contributed by atoms with Crippen LogP contribution in [0.3, 0.4) is 0 Å². The smallest absolute Gasteiger partial charge is 0.320 e. The van der Waals surface area contributed by atoms with Gasteiger partial charge in [-0.1, -0.05) is 31.2 Å². The van der Waals surface area contributed by atoms with Crippen LogP contribution in [0.4, 0.5) is 0 Å². The van der Waals surface area contributed by atoms with Crippen molar-refractivity contribution in [2.45, 2.75) is 40.0 Å². The van der Waals surface area contributed by atoms with Crippen LogP contribution in [0, 0.1) is 5.92 Å². The van der Waals surface area contributed by atoms with Crippen LogP contribution in [0.5, 0.6) is 0 Å². The molecule has 0 fully saturated rings. The van der Waals surface area contributed by atoms with Gasteiger partial charge in [-0.2, -0.15) is 0 Å². The quantitative estimate of drug-likeness (QED) is 0.546. The lowest BCUT2D eigenvalue weighted by Crippen LogP contribution is -2.28. The summed E-state index contributed by atoms with van der Waals surface area (Å²) in [6, 6.07) is 8.20. The molecule has 4 heteroatoms. The lowest BCUT2D eigenvalue weighted by Gasteiger charge is -2.14. The summed E-state index contributed by atoms with van der Waals surface area (Å²) in [5.41, 5.74) is 2.37. The average molecular weight is 292 g/mol. The van der Waals surface area contributed by atoms with E-state index in [9.17, 15) is 9.59 Å². The van der Waals surface area contributed by atoms with Crippen LogP contribution in [-0.4, -0.2) is 25.2 Å². The number of aryl methyl sites for hydroxylation is 2. The molecule has 0 aromatic heterocycles. The van der Waals surface area contributed by atoms with Crippen LogP contribution in [0.15, 0.2) is 24.3 Å². The minimum absolute atomic E-state index is 0.264. The standard InChI is InChI=1S/C17H24O4/c1-4-13-7-9-14(10-8-13)11-12-15(16(18)20-5-2)17(19)21-6-3/h7-10,15H,4-6,11-12H2,1-3H3. The van der Waals surface area contributed by atoms with Gasteiger partial charge in [0.25, 0.3) is 0 Å². The first kappa shape index (κ1) is 17.2. The summed E-state index contributed by atoms with van der Waals surface area (Å²) in [4.78, 5) is 23.7. The second kappa shape index (κ2) is 9.16. The van der Waals surface area contributed by atoms with Gasteiger partial charge in [0, 0.05) is 0 Å². The van der Waals surface area contributed by atoms with E-state index in [-0.39, 0.29) is 13.2 Å². The van der Waals surface area contributed by atoms with Crippen LogP contribution in [0.1, 0.15) is 38.3 Å². The summed E-state index contributed by atoms with van der Waals surface area (Å²) < 4.78 is 9.91. The highest BCUT2D eigenvalue weighted by Gasteiger charge is 2.28. The van der Waals surface area contributed by atoms with E-state index in [0.29, 0.717) is 12.8 Å². The molecular formula is C17H24O4. The Bertz CT molecular complexity index is 432. The van der Waals surface area contributed by atoms with E-state index in [4.69, 9.17) is 9.47 Å². The lowest BCUT2D eigenvalue weighted by atomic mass is 9.98. The molecule has 0 bridgehead atoms. The number of carbonyl (C=O) groups excluding carboxylic acids is 2. The second-order valence-electron chi connectivity index (χ2n) is 4.77. The fourth-order valence-corrected chi connectivity index (χ4v) is 2.07. The number of esters is 2. The summed E-state index contributed by atoms with van der Waals surface area (Å²) in [7, 11) is 0. The Morgan fingerprint density at radius 1 is 0.905 bits per heavy atom. The normalized spacial score (nSPS) is 10.5. The molecule has 1 rings (SSSR count). The third kappa shape index (κ3) is 5.58. The largest absolute Gasteiger partial charge is 0.465 e. The van der Waals surface area contributed by atoms with Crippen LogP contribution in [0.25, 0.3) is 0 Å². The molecule has 0 atom stereocenters. The number of hydrogen-bond acceptors (Lipinski definition) is 4. The van der Waals surface area contributed by atoms with E-state index >= 15 is 0 Å². The van der Waals surface area contributed by atoms with E-state index in [1.807, 2.05) is 12.1 Å². The number of carbonyl (C=O) groups is 2. The molecule has 0 aliphatic heterocycles. The number of ether oxygens (including phenoxy) is 2. The van der Waals surface area contributed by atoms with Crippen molar-refractivity contribution in [1.29, 1.82) is 0 Å². The Hall–Kier alpha value is -1.84. The molecule has 0 amide bonds. The summed E-state index contributed by atoms with van der Waals surface area (Å²) in [6.07, 6.45) is 2.05. The third-order valence-corrected chi connectivity index (χ3v) is 3.30. The van der Waals surface area contributed by atoms with Gasteiger partial charge in [0.2, 0.25) is 0 Å². The Morgan fingerprint density at radius 2 is 1.38 bits per heavy atom. The summed E-state index contributed by atoms with van der Waals surface area (Å²) in [6.45, 7) is 6.08.